The predicted molar refractivity (Wildman–Crippen MR) is 38.5 cm³/mol. The van der Waals surface area contributed by atoms with Crippen LogP contribution in [0.5, 0.6) is 5.75 Å². The SMILES string of the molecule is O=Cc1ccc(O)c(Cl)c1F. The van der Waals surface area contributed by atoms with E-state index in [1.165, 1.54) is 0 Å². The number of rotatable bonds is 1. The van der Waals surface area contributed by atoms with Gasteiger partial charge < -0.3 is 5.11 Å². The summed E-state index contributed by atoms with van der Waals surface area (Å²) >= 11 is 5.28. The first-order chi connectivity index (χ1) is 5.16. The number of phenolic OH excluding ortho intramolecular Hbond substituents is 1. The van der Waals surface area contributed by atoms with E-state index in [1.807, 2.05) is 0 Å². The number of halogens is 2. The third-order valence-corrected chi connectivity index (χ3v) is 1.58. The summed E-state index contributed by atoms with van der Waals surface area (Å²) < 4.78 is 12.7. The maximum Gasteiger partial charge on any atom is 0.156 e. The van der Waals surface area contributed by atoms with E-state index in [9.17, 15) is 9.18 Å². The van der Waals surface area contributed by atoms with Gasteiger partial charge in [0, 0.05) is 0 Å². The van der Waals surface area contributed by atoms with Crippen molar-refractivity contribution in [3.8, 4) is 5.75 Å². The second kappa shape index (κ2) is 2.88. The summed E-state index contributed by atoms with van der Waals surface area (Å²) in [6.45, 7) is 0. The zero-order valence-electron chi connectivity index (χ0n) is 5.34. The van der Waals surface area contributed by atoms with Crippen LogP contribution >= 0.6 is 11.6 Å². The quantitative estimate of drug-likeness (QED) is 0.662. The minimum absolute atomic E-state index is 0.159. The lowest BCUT2D eigenvalue weighted by Gasteiger charge is -1.98. The molecule has 0 spiro atoms. The number of hydrogen-bond acceptors (Lipinski definition) is 2. The molecule has 0 saturated carbocycles. The van der Waals surface area contributed by atoms with Gasteiger partial charge in [0.1, 0.15) is 10.8 Å². The van der Waals surface area contributed by atoms with Crippen LogP contribution in [0, 0.1) is 5.82 Å². The molecule has 0 amide bonds. The Morgan fingerprint density at radius 2 is 2.18 bits per heavy atom. The summed E-state index contributed by atoms with van der Waals surface area (Å²) in [6.07, 6.45) is 0.334. The number of hydrogen-bond donors (Lipinski definition) is 1. The van der Waals surface area contributed by atoms with E-state index in [4.69, 9.17) is 16.7 Å². The van der Waals surface area contributed by atoms with Crippen LogP contribution < -0.4 is 0 Å². The summed E-state index contributed by atoms with van der Waals surface area (Å²) in [6, 6.07) is 2.32. The molecule has 1 aromatic rings. The molecule has 11 heavy (non-hydrogen) atoms. The minimum atomic E-state index is -0.887. The number of benzene rings is 1. The molecule has 58 valence electrons. The Hall–Kier alpha value is -1.09. The van der Waals surface area contributed by atoms with E-state index in [-0.39, 0.29) is 11.3 Å². The van der Waals surface area contributed by atoms with Gasteiger partial charge in [-0.05, 0) is 12.1 Å². The van der Waals surface area contributed by atoms with E-state index in [0.717, 1.165) is 12.1 Å². The van der Waals surface area contributed by atoms with E-state index in [2.05, 4.69) is 0 Å². The summed E-state index contributed by atoms with van der Waals surface area (Å²) in [7, 11) is 0. The Kier molecular flexibility index (Phi) is 2.10. The lowest BCUT2D eigenvalue weighted by molar-refractivity contribution is 0.112. The standard InChI is InChI=1S/C7H4ClFO2/c8-6-5(11)2-1-4(3-10)7(6)9/h1-3,11H. The molecule has 0 fully saturated rings. The maximum atomic E-state index is 12.7. The smallest absolute Gasteiger partial charge is 0.156 e. The highest BCUT2D eigenvalue weighted by molar-refractivity contribution is 6.32. The fourth-order valence-corrected chi connectivity index (χ4v) is 0.817. The van der Waals surface area contributed by atoms with Gasteiger partial charge in [-0.25, -0.2) is 4.39 Å². The summed E-state index contributed by atoms with van der Waals surface area (Å²) in [5, 5.41) is 8.41. The van der Waals surface area contributed by atoms with E-state index >= 15 is 0 Å². The first-order valence-electron chi connectivity index (χ1n) is 2.79. The van der Waals surface area contributed by atoms with E-state index in [1.54, 1.807) is 0 Å². The number of aldehydes is 1. The third-order valence-electron chi connectivity index (χ3n) is 1.22. The van der Waals surface area contributed by atoms with Crippen LogP contribution in [0.2, 0.25) is 5.02 Å². The van der Waals surface area contributed by atoms with Gasteiger partial charge in [-0.3, -0.25) is 4.79 Å². The van der Waals surface area contributed by atoms with Crippen molar-refractivity contribution in [3.05, 3.63) is 28.5 Å². The average molecular weight is 175 g/mol. The molecular formula is C7H4ClFO2. The molecule has 4 heteroatoms. The van der Waals surface area contributed by atoms with Gasteiger partial charge in [0.25, 0.3) is 0 Å². The second-order valence-corrected chi connectivity index (χ2v) is 2.30. The Morgan fingerprint density at radius 1 is 1.55 bits per heavy atom. The highest BCUT2D eigenvalue weighted by atomic mass is 35.5. The number of phenols is 1. The van der Waals surface area contributed by atoms with Crippen molar-refractivity contribution in [3.63, 3.8) is 0 Å². The fourth-order valence-electron chi connectivity index (χ4n) is 0.645. The van der Waals surface area contributed by atoms with Crippen LogP contribution in [0.25, 0.3) is 0 Å². The Labute approximate surface area is 67.2 Å². The van der Waals surface area contributed by atoms with Gasteiger partial charge in [-0.1, -0.05) is 11.6 Å². The zero-order valence-corrected chi connectivity index (χ0v) is 6.10. The van der Waals surface area contributed by atoms with Crippen LogP contribution in [-0.2, 0) is 0 Å². The van der Waals surface area contributed by atoms with Gasteiger partial charge in [0.05, 0.1) is 5.56 Å². The van der Waals surface area contributed by atoms with E-state index < -0.39 is 10.8 Å². The normalized spacial score (nSPS) is 9.64. The average Bonchev–Trinajstić information content (AvgIpc) is 2.01. The Bertz CT molecular complexity index is 299. The van der Waals surface area contributed by atoms with Crippen LogP contribution in [-0.4, -0.2) is 11.4 Å². The molecular weight excluding hydrogens is 171 g/mol. The van der Waals surface area contributed by atoms with Crippen LogP contribution in [0.15, 0.2) is 12.1 Å². The summed E-state index contributed by atoms with van der Waals surface area (Å²) in [5.41, 5.74) is -0.159. The molecule has 0 aromatic heterocycles. The molecule has 0 heterocycles. The molecule has 0 aliphatic rings. The van der Waals surface area contributed by atoms with Crippen molar-refractivity contribution < 1.29 is 14.3 Å². The third kappa shape index (κ3) is 1.33. The largest absolute Gasteiger partial charge is 0.506 e. The van der Waals surface area contributed by atoms with Crippen molar-refractivity contribution in [1.29, 1.82) is 0 Å². The van der Waals surface area contributed by atoms with Gasteiger partial charge in [-0.15, -0.1) is 0 Å². The molecule has 0 aliphatic heterocycles. The molecule has 0 atom stereocenters. The van der Waals surface area contributed by atoms with Gasteiger partial charge in [0.15, 0.2) is 12.1 Å². The first-order valence-corrected chi connectivity index (χ1v) is 3.16. The molecule has 0 saturated heterocycles. The molecule has 1 N–H and O–H groups in total. The zero-order chi connectivity index (χ0) is 8.43. The predicted octanol–water partition coefficient (Wildman–Crippen LogP) is 2.00. The summed E-state index contributed by atoms with van der Waals surface area (Å²) in [5.74, 6) is -1.25. The molecule has 0 aliphatic carbocycles. The van der Waals surface area contributed by atoms with Crippen LogP contribution in [0.1, 0.15) is 10.4 Å². The van der Waals surface area contributed by atoms with Crippen LogP contribution in [0.3, 0.4) is 0 Å². The molecule has 0 bridgehead atoms. The first kappa shape index (κ1) is 8.01. The van der Waals surface area contributed by atoms with Crippen molar-refractivity contribution in [2.24, 2.45) is 0 Å². The highest BCUT2D eigenvalue weighted by Gasteiger charge is 2.09. The monoisotopic (exact) mass is 174 g/mol. The van der Waals surface area contributed by atoms with Crippen molar-refractivity contribution in [2.45, 2.75) is 0 Å². The van der Waals surface area contributed by atoms with Gasteiger partial charge >= 0.3 is 0 Å². The van der Waals surface area contributed by atoms with Crippen molar-refractivity contribution in [1.82, 2.24) is 0 Å². The fraction of sp³-hybridized carbons (Fsp3) is 0. The number of aromatic hydroxyl groups is 1. The molecule has 1 aromatic carbocycles. The van der Waals surface area contributed by atoms with Crippen LogP contribution in [0.4, 0.5) is 4.39 Å². The molecule has 2 nitrogen and oxygen atoms in total. The number of carbonyl (C=O) groups excluding carboxylic acids is 1. The topological polar surface area (TPSA) is 37.3 Å². The maximum absolute atomic E-state index is 12.7. The van der Waals surface area contributed by atoms with Crippen molar-refractivity contribution >= 4 is 17.9 Å². The van der Waals surface area contributed by atoms with Gasteiger partial charge in [0.2, 0.25) is 0 Å². The van der Waals surface area contributed by atoms with Crippen molar-refractivity contribution in [2.75, 3.05) is 0 Å². The Morgan fingerprint density at radius 3 is 2.73 bits per heavy atom. The highest BCUT2D eigenvalue weighted by Crippen LogP contribution is 2.27. The number of carbonyl (C=O) groups is 1. The minimum Gasteiger partial charge on any atom is -0.506 e. The van der Waals surface area contributed by atoms with Gasteiger partial charge in [-0.2, -0.15) is 0 Å². The Balaban J connectivity index is 3.36. The molecule has 1 rings (SSSR count). The molecule has 0 radical (unpaired) electrons. The molecule has 0 unspecified atom stereocenters. The second-order valence-electron chi connectivity index (χ2n) is 1.92. The summed E-state index contributed by atoms with van der Waals surface area (Å²) in [4.78, 5) is 10.1. The lowest BCUT2D eigenvalue weighted by Crippen LogP contribution is -1.87. The lowest BCUT2D eigenvalue weighted by atomic mass is 10.2. The van der Waals surface area contributed by atoms with E-state index in [0.29, 0.717) is 6.29 Å².